The zero-order chi connectivity index (χ0) is 16.9. The summed E-state index contributed by atoms with van der Waals surface area (Å²) in [6.45, 7) is 2.77. The molecule has 0 fully saturated rings. The van der Waals surface area contributed by atoms with Crippen LogP contribution in [-0.4, -0.2) is 32.9 Å². The maximum atomic E-state index is 6.20. The van der Waals surface area contributed by atoms with E-state index >= 15 is 0 Å². The topological polar surface area (TPSA) is 64.9 Å². The molecule has 3 aromatic rings. The first-order chi connectivity index (χ1) is 11.7. The van der Waals surface area contributed by atoms with E-state index in [1.165, 1.54) is 6.33 Å². The quantitative estimate of drug-likeness (QED) is 0.642. The number of rotatable bonds is 6. The van der Waals surface area contributed by atoms with Gasteiger partial charge in [-0.15, -0.1) is 0 Å². The first kappa shape index (κ1) is 19.0. The number of nitrogens with one attached hydrogen (secondary N) is 1. The highest BCUT2D eigenvalue weighted by Crippen LogP contribution is 2.24. The van der Waals surface area contributed by atoms with Crippen LogP contribution in [0.25, 0.3) is 5.69 Å². The average molecular weight is 380 g/mol. The van der Waals surface area contributed by atoms with E-state index in [2.05, 4.69) is 20.4 Å². The summed E-state index contributed by atoms with van der Waals surface area (Å²) in [6.07, 6.45) is 3.13. The lowest BCUT2D eigenvalue weighted by molar-refractivity contribution is 0.310. The number of hydrogen-bond acceptors (Lipinski definition) is 5. The summed E-state index contributed by atoms with van der Waals surface area (Å²) in [5.74, 6) is 1.20. The van der Waals surface area contributed by atoms with Crippen molar-refractivity contribution in [3.05, 3.63) is 58.6 Å². The van der Waals surface area contributed by atoms with Crippen LogP contribution in [0, 0.1) is 6.92 Å². The lowest BCUT2D eigenvalue weighted by Crippen LogP contribution is -2.14. The third-order valence-electron chi connectivity index (χ3n) is 3.30. The van der Waals surface area contributed by atoms with E-state index in [9.17, 15) is 0 Å². The zero-order valence-electron chi connectivity index (χ0n) is 12.9. The van der Waals surface area contributed by atoms with Crippen molar-refractivity contribution in [3.63, 3.8) is 0 Å². The first-order valence-electron chi connectivity index (χ1n) is 7.29. The molecule has 1 aromatic carbocycles. The van der Waals surface area contributed by atoms with Gasteiger partial charge >= 0.3 is 0 Å². The van der Waals surface area contributed by atoms with Gasteiger partial charge in [-0.05, 0) is 19.1 Å². The molecule has 0 aliphatic carbocycles. The molecule has 0 unspecified atom stereocenters. The Balaban J connectivity index is 0.00000225. The maximum absolute atomic E-state index is 6.20. The van der Waals surface area contributed by atoms with Crippen LogP contribution in [-0.2, 0) is 0 Å². The second kappa shape index (κ2) is 8.69. The Morgan fingerprint density at radius 1 is 1.16 bits per heavy atom. The molecule has 25 heavy (non-hydrogen) atoms. The van der Waals surface area contributed by atoms with Crippen LogP contribution in [0.2, 0.25) is 10.0 Å². The van der Waals surface area contributed by atoms with Crippen LogP contribution in [0.4, 0.5) is 5.82 Å². The van der Waals surface area contributed by atoms with Crippen LogP contribution in [0.15, 0.2) is 42.9 Å². The smallest absolute Gasteiger partial charge is 0.216 e. The van der Waals surface area contributed by atoms with Crippen LogP contribution < -0.4 is 10.1 Å². The molecule has 0 amide bonds. The van der Waals surface area contributed by atoms with Crippen molar-refractivity contribution in [2.75, 3.05) is 18.5 Å². The van der Waals surface area contributed by atoms with E-state index in [4.69, 9.17) is 27.9 Å². The van der Waals surface area contributed by atoms with Crippen molar-refractivity contribution in [3.8, 4) is 11.6 Å². The van der Waals surface area contributed by atoms with Gasteiger partial charge in [0.15, 0.2) is 0 Å². The second-order valence-electron chi connectivity index (χ2n) is 4.93. The Bertz CT molecular complexity index is 837. The molecular weight excluding hydrogens is 361 g/mol. The summed E-state index contributed by atoms with van der Waals surface area (Å²) >= 11 is 12.3. The molecular formula is C17H19Cl2N5O. The largest absolute Gasteiger partial charge is 0.476 e. The van der Waals surface area contributed by atoms with Crippen molar-refractivity contribution in [2.24, 2.45) is 0 Å². The third kappa shape index (κ3) is 4.41. The molecule has 0 saturated carbocycles. The Hall–Kier alpha value is -2.31. The fraction of sp³-hybridized carbons (Fsp3) is 0.235. The molecule has 0 radical (unpaired) electrons. The molecule has 3 rings (SSSR count). The molecule has 0 bridgehead atoms. The summed E-state index contributed by atoms with van der Waals surface area (Å²) < 4.78 is 7.43. The SMILES string of the molecule is C.Cc1ncnc(NCCOc2ccnn2-c2ccccc2Cl)c1Cl. The molecule has 1 N–H and O–H groups in total. The minimum Gasteiger partial charge on any atom is -0.476 e. The number of ether oxygens (including phenoxy) is 1. The predicted octanol–water partition coefficient (Wildman–Crippen LogP) is 4.40. The highest BCUT2D eigenvalue weighted by Gasteiger charge is 2.09. The Kier molecular flexibility index (Phi) is 6.61. The lowest BCUT2D eigenvalue weighted by atomic mass is 10.3. The molecule has 132 valence electrons. The highest BCUT2D eigenvalue weighted by atomic mass is 35.5. The Morgan fingerprint density at radius 2 is 1.96 bits per heavy atom. The van der Waals surface area contributed by atoms with Crippen molar-refractivity contribution in [1.29, 1.82) is 0 Å². The van der Waals surface area contributed by atoms with Crippen molar-refractivity contribution < 1.29 is 4.74 Å². The van der Waals surface area contributed by atoms with Crippen LogP contribution >= 0.6 is 23.2 Å². The van der Waals surface area contributed by atoms with Gasteiger partial charge < -0.3 is 10.1 Å². The Morgan fingerprint density at radius 3 is 2.76 bits per heavy atom. The number of anilines is 1. The number of halogens is 2. The molecule has 0 aliphatic heterocycles. The molecule has 0 aliphatic rings. The van der Waals surface area contributed by atoms with E-state index < -0.39 is 0 Å². The zero-order valence-corrected chi connectivity index (χ0v) is 14.4. The van der Waals surface area contributed by atoms with Crippen molar-refractivity contribution >= 4 is 29.0 Å². The van der Waals surface area contributed by atoms with Crippen molar-refractivity contribution in [2.45, 2.75) is 14.4 Å². The fourth-order valence-corrected chi connectivity index (χ4v) is 2.49. The van der Waals surface area contributed by atoms with Gasteiger partial charge in [0.2, 0.25) is 5.88 Å². The van der Waals surface area contributed by atoms with Gasteiger partial charge in [-0.1, -0.05) is 42.8 Å². The van der Waals surface area contributed by atoms with Crippen molar-refractivity contribution in [1.82, 2.24) is 19.7 Å². The molecule has 6 nitrogen and oxygen atoms in total. The highest BCUT2D eigenvalue weighted by molar-refractivity contribution is 6.33. The minimum atomic E-state index is 0. The first-order valence-corrected chi connectivity index (χ1v) is 8.05. The summed E-state index contributed by atoms with van der Waals surface area (Å²) in [4.78, 5) is 8.13. The summed E-state index contributed by atoms with van der Waals surface area (Å²) in [5.41, 5.74) is 1.49. The summed E-state index contributed by atoms with van der Waals surface area (Å²) in [6, 6.07) is 9.24. The van der Waals surface area contributed by atoms with E-state index in [1.54, 1.807) is 16.9 Å². The minimum absolute atomic E-state index is 0. The fourth-order valence-electron chi connectivity index (χ4n) is 2.11. The van der Waals surface area contributed by atoms with Gasteiger partial charge in [-0.3, -0.25) is 0 Å². The molecule has 0 spiro atoms. The van der Waals surface area contributed by atoms with E-state index in [-0.39, 0.29) is 7.43 Å². The number of aromatic nitrogens is 4. The standard InChI is InChI=1S/C16H15Cl2N5O.CH4/c1-11-15(18)16(21-10-20-11)19-8-9-24-14-6-7-22-23(14)13-5-3-2-4-12(13)17;/h2-7,10H,8-9H2,1H3,(H,19,20,21);1H4. The monoisotopic (exact) mass is 379 g/mol. The maximum Gasteiger partial charge on any atom is 0.216 e. The van der Waals surface area contributed by atoms with Crippen LogP contribution in [0.3, 0.4) is 0 Å². The van der Waals surface area contributed by atoms with Gasteiger partial charge in [-0.2, -0.15) is 9.78 Å². The molecule has 8 heteroatoms. The van der Waals surface area contributed by atoms with E-state index in [1.807, 2.05) is 31.2 Å². The number of para-hydroxylation sites is 1. The Labute approximate surface area is 156 Å². The predicted molar refractivity (Wildman–Crippen MR) is 101 cm³/mol. The van der Waals surface area contributed by atoms with Gasteiger partial charge in [0, 0.05) is 6.07 Å². The number of nitrogens with zero attached hydrogens (tertiary/aromatic N) is 4. The van der Waals surface area contributed by atoms with Crippen LogP contribution in [0.5, 0.6) is 5.88 Å². The average Bonchev–Trinajstić information content (AvgIpc) is 3.04. The molecule has 0 saturated heterocycles. The lowest BCUT2D eigenvalue weighted by Gasteiger charge is -2.11. The summed E-state index contributed by atoms with van der Waals surface area (Å²) in [7, 11) is 0. The van der Waals surface area contributed by atoms with Gasteiger partial charge in [0.1, 0.15) is 23.8 Å². The summed E-state index contributed by atoms with van der Waals surface area (Å²) in [5, 5.41) is 8.49. The number of aryl methyl sites for hydroxylation is 1. The number of benzene rings is 1. The second-order valence-corrected chi connectivity index (χ2v) is 5.71. The third-order valence-corrected chi connectivity index (χ3v) is 4.07. The van der Waals surface area contributed by atoms with Gasteiger partial charge in [0.05, 0.1) is 29.1 Å². The normalized spacial score (nSPS) is 10.2. The molecule has 2 heterocycles. The van der Waals surface area contributed by atoms with Crippen LogP contribution in [0.1, 0.15) is 13.1 Å². The van der Waals surface area contributed by atoms with Gasteiger partial charge in [0.25, 0.3) is 0 Å². The van der Waals surface area contributed by atoms with E-state index in [0.29, 0.717) is 34.9 Å². The molecule has 0 atom stereocenters. The number of hydrogen-bond donors (Lipinski definition) is 1. The molecule has 2 aromatic heterocycles. The van der Waals surface area contributed by atoms with Gasteiger partial charge in [-0.25, -0.2) is 9.97 Å². The van der Waals surface area contributed by atoms with E-state index in [0.717, 1.165) is 11.4 Å².